The summed E-state index contributed by atoms with van der Waals surface area (Å²) in [6.07, 6.45) is 0.887. The summed E-state index contributed by atoms with van der Waals surface area (Å²) < 4.78 is 5.97. The summed E-state index contributed by atoms with van der Waals surface area (Å²) in [4.78, 5) is 11.3. The van der Waals surface area contributed by atoms with Crippen molar-refractivity contribution in [1.82, 2.24) is 5.32 Å². The molecule has 0 bridgehead atoms. The Kier molecular flexibility index (Phi) is 5.58. The summed E-state index contributed by atoms with van der Waals surface area (Å²) in [5.41, 5.74) is 6.13. The molecule has 0 spiro atoms. The minimum atomic E-state index is -0.173. The summed E-state index contributed by atoms with van der Waals surface area (Å²) in [5.74, 6) is 0.258. The number of nitrogens with two attached hydrogens (primary N) is 1. The Morgan fingerprint density at radius 2 is 2.29 bits per heavy atom. The van der Waals surface area contributed by atoms with Crippen LogP contribution in [0.15, 0.2) is 16.6 Å². The highest BCUT2D eigenvalue weighted by atomic mass is 79.9. The topological polar surface area (TPSA) is 64.3 Å². The monoisotopic (exact) mass is 320 g/mol. The summed E-state index contributed by atoms with van der Waals surface area (Å²) in [5, 5.41) is 3.22. The van der Waals surface area contributed by atoms with Gasteiger partial charge in [-0.05, 0) is 34.5 Å². The number of halogens is 2. The van der Waals surface area contributed by atoms with E-state index >= 15 is 0 Å². The molecule has 4 nitrogen and oxygen atoms in total. The summed E-state index contributed by atoms with van der Waals surface area (Å²) >= 11 is 9.09. The third-order valence-corrected chi connectivity index (χ3v) is 2.76. The number of carbonyl (C=O) groups is 1. The number of anilines is 1. The lowest BCUT2D eigenvalue weighted by atomic mass is 10.3. The largest absolute Gasteiger partial charge is 0.480 e. The fourth-order valence-electron chi connectivity index (χ4n) is 1.19. The second-order valence-electron chi connectivity index (χ2n) is 3.44. The number of benzene rings is 1. The van der Waals surface area contributed by atoms with Crippen LogP contribution in [0, 0.1) is 0 Å². The molecule has 0 unspecified atom stereocenters. The second kappa shape index (κ2) is 6.71. The molecule has 0 atom stereocenters. The molecule has 1 aromatic carbocycles. The molecule has 0 aromatic heterocycles. The number of nitrogen functional groups attached to an aromatic ring is 1. The van der Waals surface area contributed by atoms with Crippen molar-refractivity contribution in [1.29, 1.82) is 0 Å². The fourth-order valence-corrected chi connectivity index (χ4v) is 2.13. The standard InChI is InChI=1S/C11H14BrClN2O2/c1-2-3-15-10(16)6-17-11-8(12)4-7(13)5-9(11)14/h4-5H,2-3,6,14H2,1H3,(H,15,16). The van der Waals surface area contributed by atoms with Crippen LogP contribution in [0.4, 0.5) is 5.69 Å². The van der Waals surface area contributed by atoms with Gasteiger partial charge in [0, 0.05) is 11.6 Å². The normalized spacial score (nSPS) is 10.1. The highest BCUT2D eigenvalue weighted by molar-refractivity contribution is 9.10. The van der Waals surface area contributed by atoms with E-state index < -0.39 is 0 Å². The van der Waals surface area contributed by atoms with Crippen LogP contribution in [0.5, 0.6) is 5.75 Å². The van der Waals surface area contributed by atoms with Crippen molar-refractivity contribution in [2.45, 2.75) is 13.3 Å². The lowest BCUT2D eigenvalue weighted by Gasteiger charge is -2.11. The van der Waals surface area contributed by atoms with Crippen LogP contribution < -0.4 is 15.8 Å². The number of amides is 1. The molecule has 17 heavy (non-hydrogen) atoms. The van der Waals surface area contributed by atoms with E-state index in [-0.39, 0.29) is 12.5 Å². The number of hydrogen-bond acceptors (Lipinski definition) is 3. The van der Waals surface area contributed by atoms with Crippen molar-refractivity contribution in [3.8, 4) is 5.75 Å². The van der Waals surface area contributed by atoms with Crippen molar-refractivity contribution in [3.05, 3.63) is 21.6 Å². The van der Waals surface area contributed by atoms with E-state index in [0.717, 1.165) is 6.42 Å². The number of ether oxygens (including phenoxy) is 1. The van der Waals surface area contributed by atoms with Gasteiger partial charge in [-0.2, -0.15) is 0 Å². The van der Waals surface area contributed by atoms with Crippen molar-refractivity contribution in [2.75, 3.05) is 18.9 Å². The predicted molar refractivity (Wildman–Crippen MR) is 72.4 cm³/mol. The maximum Gasteiger partial charge on any atom is 0.257 e. The van der Waals surface area contributed by atoms with E-state index in [1.807, 2.05) is 6.92 Å². The minimum absolute atomic E-state index is 0.0650. The number of nitrogens with one attached hydrogen (secondary N) is 1. The maximum atomic E-state index is 11.3. The zero-order valence-electron chi connectivity index (χ0n) is 9.43. The van der Waals surface area contributed by atoms with Crippen LogP contribution in [-0.4, -0.2) is 19.1 Å². The van der Waals surface area contributed by atoms with Gasteiger partial charge in [0.05, 0.1) is 10.2 Å². The van der Waals surface area contributed by atoms with Crippen LogP contribution in [0.1, 0.15) is 13.3 Å². The Bertz CT molecular complexity index is 389. The summed E-state index contributed by atoms with van der Waals surface area (Å²) in [6.45, 7) is 2.55. The molecule has 1 aromatic rings. The van der Waals surface area contributed by atoms with E-state index in [9.17, 15) is 4.79 Å². The van der Waals surface area contributed by atoms with Gasteiger partial charge >= 0.3 is 0 Å². The molecule has 0 radical (unpaired) electrons. The smallest absolute Gasteiger partial charge is 0.257 e. The van der Waals surface area contributed by atoms with E-state index in [0.29, 0.717) is 27.5 Å². The Labute approximate surface area is 114 Å². The Morgan fingerprint density at radius 1 is 1.59 bits per heavy atom. The van der Waals surface area contributed by atoms with Gasteiger partial charge in [0.25, 0.3) is 5.91 Å². The Morgan fingerprint density at radius 3 is 2.88 bits per heavy atom. The maximum absolute atomic E-state index is 11.3. The van der Waals surface area contributed by atoms with Gasteiger partial charge in [-0.15, -0.1) is 0 Å². The average molecular weight is 322 g/mol. The Hall–Kier alpha value is -0.940. The van der Waals surface area contributed by atoms with Gasteiger partial charge in [0.1, 0.15) is 0 Å². The lowest BCUT2D eigenvalue weighted by Crippen LogP contribution is -2.29. The van der Waals surface area contributed by atoms with Gasteiger partial charge in [0.15, 0.2) is 12.4 Å². The molecule has 3 N–H and O–H groups in total. The summed E-state index contributed by atoms with van der Waals surface area (Å²) in [6, 6.07) is 3.24. The molecule has 0 saturated carbocycles. The molecular formula is C11H14BrClN2O2. The minimum Gasteiger partial charge on any atom is -0.480 e. The van der Waals surface area contributed by atoms with Crippen LogP contribution in [0.3, 0.4) is 0 Å². The second-order valence-corrected chi connectivity index (χ2v) is 4.74. The lowest BCUT2D eigenvalue weighted by molar-refractivity contribution is -0.123. The highest BCUT2D eigenvalue weighted by Gasteiger charge is 2.09. The van der Waals surface area contributed by atoms with E-state index in [1.165, 1.54) is 0 Å². The molecule has 0 aliphatic heterocycles. The Balaban J connectivity index is 2.60. The quantitative estimate of drug-likeness (QED) is 0.819. The fraction of sp³-hybridized carbons (Fsp3) is 0.364. The molecule has 0 fully saturated rings. The summed E-state index contributed by atoms with van der Waals surface area (Å²) in [7, 11) is 0. The van der Waals surface area contributed by atoms with Crippen molar-refractivity contribution in [3.63, 3.8) is 0 Å². The predicted octanol–water partition coefficient (Wildman–Crippen LogP) is 2.59. The van der Waals surface area contributed by atoms with Crippen LogP contribution >= 0.6 is 27.5 Å². The molecule has 94 valence electrons. The van der Waals surface area contributed by atoms with E-state index in [4.69, 9.17) is 22.1 Å². The molecule has 0 saturated heterocycles. The van der Waals surface area contributed by atoms with E-state index in [1.54, 1.807) is 12.1 Å². The average Bonchev–Trinajstić information content (AvgIpc) is 2.24. The SMILES string of the molecule is CCCNC(=O)COc1c(N)cc(Cl)cc1Br. The number of carbonyl (C=O) groups excluding carboxylic acids is 1. The van der Waals surface area contributed by atoms with Crippen LogP contribution in [0.2, 0.25) is 5.02 Å². The number of hydrogen-bond donors (Lipinski definition) is 2. The van der Waals surface area contributed by atoms with Crippen molar-refractivity contribution in [2.24, 2.45) is 0 Å². The molecular weight excluding hydrogens is 307 g/mol. The van der Waals surface area contributed by atoms with Crippen LogP contribution in [-0.2, 0) is 4.79 Å². The molecule has 6 heteroatoms. The molecule has 1 amide bonds. The first-order valence-electron chi connectivity index (χ1n) is 5.18. The third-order valence-electron chi connectivity index (χ3n) is 1.96. The number of rotatable bonds is 5. The molecule has 0 aliphatic rings. The van der Waals surface area contributed by atoms with E-state index in [2.05, 4.69) is 21.2 Å². The first-order chi connectivity index (χ1) is 8.04. The molecule has 1 rings (SSSR count). The molecule has 0 aliphatic carbocycles. The van der Waals surface area contributed by atoms with Crippen molar-refractivity contribution >= 4 is 39.1 Å². The van der Waals surface area contributed by atoms with Gasteiger partial charge in [-0.1, -0.05) is 18.5 Å². The first-order valence-corrected chi connectivity index (χ1v) is 6.35. The van der Waals surface area contributed by atoms with Gasteiger partial charge < -0.3 is 15.8 Å². The first kappa shape index (κ1) is 14.1. The molecule has 0 heterocycles. The highest BCUT2D eigenvalue weighted by Crippen LogP contribution is 2.34. The zero-order chi connectivity index (χ0) is 12.8. The van der Waals surface area contributed by atoms with Gasteiger partial charge in [-0.3, -0.25) is 4.79 Å². The zero-order valence-corrected chi connectivity index (χ0v) is 11.8. The van der Waals surface area contributed by atoms with Gasteiger partial charge in [0.2, 0.25) is 0 Å². The van der Waals surface area contributed by atoms with Crippen molar-refractivity contribution < 1.29 is 9.53 Å². The van der Waals surface area contributed by atoms with Gasteiger partial charge in [-0.25, -0.2) is 0 Å². The third kappa shape index (κ3) is 4.44. The van der Waals surface area contributed by atoms with Crippen LogP contribution in [0.25, 0.3) is 0 Å².